The molecule has 0 saturated heterocycles. The molecule has 2 aromatic heterocycles. The van der Waals surface area contributed by atoms with Gasteiger partial charge in [0.25, 0.3) is 0 Å². The van der Waals surface area contributed by atoms with Crippen molar-refractivity contribution in [3.05, 3.63) is 92.7 Å². The van der Waals surface area contributed by atoms with Gasteiger partial charge in [-0.05, 0) is 51.7 Å². The number of hydrogen-bond acceptors (Lipinski definition) is 4. The van der Waals surface area contributed by atoms with Crippen molar-refractivity contribution < 1.29 is 9.50 Å². The van der Waals surface area contributed by atoms with Crippen LogP contribution in [0.4, 0.5) is 4.39 Å². The third kappa shape index (κ3) is 3.32. The van der Waals surface area contributed by atoms with Crippen molar-refractivity contribution in [2.45, 2.75) is 12.0 Å². The highest BCUT2D eigenvalue weighted by Gasteiger charge is 2.35. The number of thiophene rings is 1. The first kappa shape index (κ1) is 17.7. The fourth-order valence-corrected chi connectivity index (χ4v) is 5.50. The molecule has 132 valence electrons. The Labute approximate surface area is 164 Å². The molecule has 0 fully saturated rings. The summed E-state index contributed by atoms with van der Waals surface area (Å²) in [4.78, 5) is 5.13. The number of benzene rings is 1. The molecule has 1 aromatic carbocycles. The summed E-state index contributed by atoms with van der Waals surface area (Å²) in [5.74, 6) is 0.115. The average Bonchev–Trinajstić information content (AvgIpc) is 3.31. The van der Waals surface area contributed by atoms with Gasteiger partial charge in [0.05, 0.1) is 0 Å². The van der Waals surface area contributed by atoms with Gasteiger partial charge in [0.1, 0.15) is 11.9 Å². The highest BCUT2D eigenvalue weighted by molar-refractivity contribution is 8.08. The van der Waals surface area contributed by atoms with E-state index in [2.05, 4.69) is 10.4 Å². The Kier molecular flexibility index (Phi) is 5.14. The van der Waals surface area contributed by atoms with E-state index >= 15 is 0 Å². The maximum atomic E-state index is 14.6. The Morgan fingerprint density at radius 2 is 2.15 bits per heavy atom. The van der Waals surface area contributed by atoms with E-state index < -0.39 is 6.10 Å². The normalized spacial score (nSPS) is 18.3. The summed E-state index contributed by atoms with van der Waals surface area (Å²) < 4.78 is 14.6. The molecule has 3 heterocycles. The van der Waals surface area contributed by atoms with Gasteiger partial charge >= 0.3 is 0 Å². The van der Waals surface area contributed by atoms with Gasteiger partial charge in [0.15, 0.2) is 0 Å². The second-order valence-corrected chi connectivity index (χ2v) is 8.26. The third-order valence-corrected chi connectivity index (χ3v) is 6.63. The van der Waals surface area contributed by atoms with Crippen LogP contribution in [0.3, 0.4) is 0 Å². The summed E-state index contributed by atoms with van der Waals surface area (Å²) in [6.45, 7) is 0. The number of rotatable bonds is 4. The molecular weight excluding hydrogens is 389 g/mol. The summed E-state index contributed by atoms with van der Waals surface area (Å²) in [5.41, 5.74) is 3.15. The van der Waals surface area contributed by atoms with E-state index in [-0.39, 0.29) is 11.7 Å². The highest BCUT2D eigenvalue weighted by Crippen LogP contribution is 2.52. The summed E-state index contributed by atoms with van der Waals surface area (Å²) in [5, 5.41) is 15.5. The number of hydrogen-bond donors (Lipinski definition) is 1. The first-order valence-corrected chi connectivity index (χ1v) is 10.4. The van der Waals surface area contributed by atoms with Gasteiger partial charge < -0.3 is 5.11 Å². The number of thioether (sulfide) groups is 1. The summed E-state index contributed by atoms with van der Waals surface area (Å²) >= 11 is 9.17. The average molecular weight is 404 g/mol. The highest BCUT2D eigenvalue weighted by atomic mass is 35.5. The minimum absolute atomic E-state index is 0.220. The Morgan fingerprint density at radius 1 is 1.27 bits per heavy atom. The quantitative estimate of drug-likeness (QED) is 0.587. The Balaban J connectivity index is 1.84. The van der Waals surface area contributed by atoms with Gasteiger partial charge in [-0.3, -0.25) is 4.98 Å². The smallest absolute Gasteiger partial charge is 0.128 e. The maximum Gasteiger partial charge on any atom is 0.128 e. The number of aliphatic hydroxyl groups is 1. The van der Waals surface area contributed by atoms with Gasteiger partial charge in [-0.2, -0.15) is 11.3 Å². The Morgan fingerprint density at radius 3 is 2.85 bits per heavy atom. The lowest BCUT2D eigenvalue weighted by Gasteiger charge is -2.21. The summed E-state index contributed by atoms with van der Waals surface area (Å²) in [6.07, 6.45) is 2.49. The van der Waals surface area contributed by atoms with Gasteiger partial charge in [0, 0.05) is 39.6 Å². The van der Waals surface area contributed by atoms with Crippen molar-refractivity contribution in [2.75, 3.05) is 5.75 Å². The summed E-state index contributed by atoms with van der Waals surface area (Å²) in [7, 11) is 0. The maximum absolute atomic E-state index is 14.6. The molecule has 1 N–H and O–H groups in total. The SMILES string of the molecule is OC(C1=C(c2ccsc2)SCC1c1ccc(Cl)cc1F)c1cccnc1. The molecule has 0 spiro atoms. The van der Waals surface area contributed by atoms with E-state index in [0.717, 1.165) is 16.0 Å². The van der Waals surface area contributed by atoms with Crippen molar-refractivity contribution >= 4 is 39.6 Å². The lowest BCUT2D eigenvalue weighted by atomic mass is 9.86. The van der Waals surface area contributed by atoms with E-state index in [9.17, 15) is 9.50 Å². The van der Waals surface area contributed by atoms with Crippen LogP contribution in [0, 0.1) is 5.82 Å². The number of halogens is 2. The lowest BCUT2D eigenvalue weighted by molar-refractivity contribution is 0.210. The molecule has 0 amide bonds. The van der Waals surface area contributed by atoms with Crippen LogP contribution in [0.15, 0.2) is 65.1 Å². The Hall–Kier alpha value is -1.66. The number of pyridine rings is 1. The first-order chi connectivity index (χ1) is 12.6. The number of aliphatic hydroxyl groups excluding tert-OH is 1. The van der Waals surface area contributed by atoms with Gasteiger partial charge in [0.2, 0.25) is 0 Å². The van der Waals surface area contributed by atoms with Crippen LogP contribution in [-0.4, -0.2) is 15.8 Å². The fraction of sp³-hybridized carbons (Fsp3) is 0.150. The van der Waals surface area contributed by atoms with Gasteiger partial charge in [-0.1, -0.05) is 23.7 Å². The zero-order valence-electron chi connectivity index (χ0n) is 13.6. The minimum Gasteiger partial charge on any atom is -0.384 e. The largest absolute Gasteiger partial charge is 0.384 e. The topological polar surface area (TPSA) is 33.1 Å². The third-order valence-electron chi connectivity index (χ3n) is 4.45. The molecule has 6 heteroatoms. The van der Waals surface area contributed by atoms with E-state index in [4.69, 9.17) is 11.6 Å². The lowest BCUT2D eigenvalue weighted by Crippen LogP contribution is -2.12. The molecule has 0 aliphatic carbocycles. The molecule has 26 heavy (non-hydrogen) atoms. The second kappa shape index (κ2) is 7.53. The van der Waals surface area contributed by atoms with Crippen LogP contribution >= 0.6 is 34.7 Å². The van der Waals surface area contributed by atoms with Crippen molar-refractivity contribution in [3.63, 3.8) is 0 Å². The van der Waals surface area contributed by atoms with Crippen LogP contribution in [0.5, 0.6) is 0 Å². The molecule has 2 atom stereocenters. The van der Waals surface area contributed by atoms with E-state index in [0.29, 0.717) is 21.9 Å². The van der Waals surface area contributed by atoms with E-state index in [1.165, 1.54) is 6.07 Å². The fourth-order valence-electron chi connectivity index (χ4n) is 3.22. The predicted octanol–water partition coefficient (Wildman–Crippen LogP) is 5.91. The van der Waals surface area contributed by atoms with Crippen molar-refractivity contribution in [1.82, 2.24) is 4.98 Å². The van der Waals surface area contributed by atoms with Crippen LogP contribution < -0.4 is 0 Å². The molecule has 2 nitrogen and oxygen atoms in total. The van der Waals surface area contributed by atoms with Crippen LogP contribution in [0.1, 0.15) is 28.7 Å². The second-order valence-electron chi connectivity index (χ2n) is 6.01. The molecule has 4 rings (SSSR count). The van der Waals surface area contributed by atoms with Crippen molar-refractivity contribution in [3.8, 4) is 0 Å². The monoisotopic (exact) mass is 403 g/mol. The van der Waals surface area contributed by atoms with Crippen LogP contribution in [0.2, 0.25) is 5.02 Å². The van der Waals surface area contributed by atoms with Crippen LogP contribution in [-0.2, 0) is 0 Å². The zero-order chi connectivity index (χ0) is 18.1. The Bertz CT molecular complexity index is 944. The van der Waals surface area contributed by atoms with E-state index in [1.54, 1.807) is 53.7 Å². The molecule has 1 aliphatic rings. The molecular formula is C20H15ClFNOS2. The molecule has 3 aromatic rings. The first-order valence-electron chi connectivity index (χ1n) is 8.07. The molecule has 2 unspecified atom stereocenters. The predicted molar refractivity (Wildman–Crippen MR) is 107 cm³/mol. The molecule has 0 radical (unpaired) electrons. The minimum atomic E-state index is -0.839. The van der Waals surface area contributed by atoms with Crippen molar-refractivity contribution in [1.29, 1.82) is 0 Å². The van der Waals surface area contributed by atoms with Crippen molar-refractivity contribution in [2.24, 2.45) is 0 Å². The summed E-state index contributed by atoms with van der Waals surface area (Å²) in [6, 6.07) is 10.4. The van der Waals surface area contributed by atoms with E-state index in [1.807, 2.05) is 17.5 Å². The number of aromatic nitrogens is 1. The molecule has 1 aliphatic heterocycles. The standard InChI is InChI=1S/C20H15ClFNOS2/c21-14-3-4-15(17(22)8-14)16-11-26-20(13-5-7-25-10-13)18(16)19(24)12-2-1-6-23-9-12/h1-10,16,19,24H,11H2. The zero-order valence-corrected chi connectivity index (χ0v) is 16.0. The molecule has 0 bridgehead atoms. The van der Waals surface area contributed by atoms with Gasteiger partial charge in [-0.15, -0.1) is 11.8 Å². The van der Waals surface area contributed by atoms with Gasteiger partial charge in [-0.25, -0.2) is 4.39 Å². The van der Waals surface area contributed by atoms with Crippen LogP contribution in [0.25, 0.3) is 4.91 Å². The molecule has 0 saturated carbocycles. The number of nitrogens with zero attached hydrogens (tertiary/aromatic N) is 1.